The normalized spacial score (nSPS) is 16.2. The summed E-state index contributed by atoms with van der Waals surface area (Å²) in [4.78, 5) is 4.88. The number of rotatable bonds is 3. The highest BCUT2D eigenvalue weighted by Crippen LogP contribution is 2.25. The molecule has 2 heteroatoms. The first-order valence-corrected chi connectivity index (χ1v) is 7.89. The van der Waals surface area contributed by atoms with Crippen molar-refractivity contribution in [2.45, 2.75) is 13.3 Å². The minimum atomic E-state index is 1.10. The van der Waals surface area contributed by atoms with E-state index in [-0.39, 0.29) is 0 Å². The Morgan fingerprint density at radius 3 is 2.24 bits per heavy atom. The van der Waals surface area contributed by atoms with Crippen LogP contribution in [0.3, 0.4) is 0 Å². The Morgan fingerprint density at radius 2 is 1.57 bits per heavy atom. The number of anilines is 1. The van der Waals surface area contributed by atoms with E-state index < -0.39 is 0 Å². The highest BCUT2D eigenvalue weighted by atomic mass is 15.2. The van der Waals surface area contributed by atoms with Gasteiger partial charge in [-0.15, -0.1) is 0 Å². The second-order valence-corrected chi connectivity index (χ2v) is 5.89. The van der Waals surface area contributed by atoms with E-state index >= 15 is 0 Å². The summed E-state index contributed by atoms with van der Waals surface area (Å²) >= 11 is 0. The molecule has 0 atom stereocenters. The summed E-state index contributed by atoms with van der Waals surface area (Å²) in [6, 6.07) is 17.9. The van der Waals surface area contributed by atoms with Gasteiger partial charge in [0, 0.05) is 31.9 Å². The smallest absolute Gasteiger partial charge is 0.0373 e. The SMILES string of the molecule is CCc1ccc(-c2cccc(N3CCN(C)CC3)c2)cc1. The van der Waals surface area contributed by atoms with Crippen LogP contribution in [-0.2, 0) is 6.42 Å². The second kappa shape index (κ2) is 6.31. The molecule has 0 saturated carbocycles. The van der Waals surface area contributed by atoms with Gasteiger partial charge in [0.05, 0.1) is 0 Å². The molecule has 0 spiro atoms. The van der Waals surface area contributed by atoms with Crippen molar-refractivity contribution in [2.75, 3.05) is 38.1 Å². The Hall–Kier alpha value is -1.80. The molecule has 0 aromatic heterocycles. The van der Waals surface area contributed by atoms with Crippen molar-refractivity contribution in [1.29, 1.82) is 0 Å². The molecule has 110 valence electrons. The molecule has 0 N–H and O–H groups in total. The number of piperazine rings is 1. The number of likely N-dealkylation sites (N-methyl/N-ethyl adjacent to an activating group) is 1. The fourth-order valence-corrected chi connectivity index (χ4v) is 2.88. The largest absolute Gasteiger partial charge is 0.369 e. The monoisotopic (exact) mass is 280 g/mol. The van der Waals surface area contributed by atoms with Crippen molar-refractivity contribution >= 4 is 5.69 Å². The molecule has 0 radical (unpaired) electrons. The molecule has 21 heavy (non-hydrogen) atoms. The maximum atomic E-state index is 2.49. The van der Waals surface area contributed by atoms with Gasteiger partial charge in [0.1, 0.15) is 0 Å². The van der Waals surface area contributed by atoms with Crippen LogP contribution in [0, 0.1) is 0 Å². The highest BCUT2D eigenvalue weighted by Gasteiger charge is 2.14. The third kappa shape index (κ3) is 3.27. The standard InChI is InChI=1S/C19H24N2/c1-3-16-7-9-17(10-8-16)18-5-4-6-19(15-18)21-13-11-20(2)12-14-21/h4-10,15H,3,11-14H2,1-2H3. The molecule has 2 aromatic carbocycles. The van der Waals surface area contributed by atoms with Crippen molar-refractivity contribution in [3.63, 3.8) is 0 Å². The minimum absolute atomic E-state index is 1.10. The van der Waals surface area contributed by atoms with Crippen LogP contribution in [-0.4, -0.2) is 38.1 Å². The van der Waals surface area contributed by atoms with Crippen LogP contribution in [0.2, 0.25) is 0 Å². The summed E-state index contributed by atoms with van der Waals surface area (Å²) < 4.78 is 0. The van der Waals surface area contributed by atoms with Gasteiger partial charge in [0.25, 0.3) is 0 Å². The average Bonchev–Trinajstić information content (AvgIpc) is 2.56. The molecule has 1 fully saturated rings. The zero-order valence-corrected chi connectivity index (χ0v) is 13.0. The summed E-state index contributed by atoms with van der Waals surface area (Å²) in [5.74, 6) is 0. The predicted molar refractivity (Wildman–Crippen MR) is 91.0 cm³/mol. The third-order valence-corrected chi connectivity index (χ3v) is 4.41. The Balaban J connectivity index is 1.82. The van der Waals surface area contributed by atoms with Gasteiger partial charge in [0.15, 0.2) is 0 Å². The lowest BCUT2D eigenvalue weighted by atomic mass is 10.0. The summed E-state index contributed by atoms with van der Waals surface area (Å²) in [7, 11) is 2.20. The molecular weight excluding hydrogens is 256 g/mol. The highest BCUT2D eigenvalue weighted by molar-refractivity contribution is 5.68. The van der Waals surface area contributed by atoms with Gasteiger partial charge in [-0.3, -0.25) is 0 Å². The topological polar surface area (TPSA) is 6.48 Å². The number of hydrogen-bond donors (Lipinski definition) is 0. The fraction of sp³-hybridized carbons (Fsp3) is 0.368. The van der Waals surface area contributed by atoms with Crippen LogP contribution in [0.1, 0.15) is 12.5 Å². The van der Waals surface area contributed by atoms with E-state index in [1.54, 1.807) is 0 Å². The van der Waals surface area contributed by atoms with E-state index in [0.29, 0.717) is 0 Å². The molecule has 1 heterocycles. The van der Waals surface area contributed by atoms with E-state index in [1.807, 2.05) is 0 Å². The zero-order valence-electron chi connectivity index (χ0n) is 13.0. The quantitative estimate of drug-likeness (QED) is 0.846. The second-order valence-electron chi connectivity index (χ2n) is 5.89. The molecule has 0 aliphatic carbocycles. The number of nitrogens with zero attached hydrogens (tertiary/aromatic N) is 2. The van der Waals surface area contributed by atoms with Gasteiger partial charge in [-0.1, -0.05) is 43.3 Å². The van der Waals surface area contributed by atoms with E-state index in [2.05, 4.69) is 72.3 Å². The van der Waals surface area contributed by atoms with Crippen LogP contribution in [0.4, 0.5) is 5.69 Å². The van der Waals surface area contributed by atoms with Gasteiger partial charge < -0.3 is 9.80 Å². The number of benzene rings is 2. The van der Waals surface area contributed by atoms with Crippen molar-refractivity contribution in [3.05, 3.63) is 54.1 Å². The van der Waals surface area contributed by atoms with E-state index in [9.17, 15) is 0 Å². The van der Waals surface area contributed by atoms with Crippen LogP contribution in [0.25, 0.3) is 11.1 Å². The summed E-state index contributed by atoms with van der Waals surface area (Å²) in [6.07, 6.45) is 1.10. The molecule has 0 amide bonds. The Morgan fingerprint density at radius 1 is 0.857 bits per heavy atom. The summed E-state index contributed by atoms with van der Waals surface area (Å²) in [5.41, 5.74) is 5.37. The predicted octanol–water partition coefficient (Wildman–Crippen LogP) is 3.67. The summed E-state index contributed by atoms with van der Waals surface area (Å²) in [6.45, 7) is 6.73. The maximum absolute atomic E-state index is 2.49. The Kier molecular flexibility index (Phi) is 4.26. The average molecular weight is 280 g/mol. The van der Waals surface area contributed by atoms with Crippen LogP contribution in [0.5, 0.6) is 0 Å². The molecule has 0 unspecified atom stereocenters. The minimum Gasteiger partial charge on any atom is -0.369 e. The molecule has 2 nitrogen and oxygen atoms in total. The van der Waals surface area contributed by atoms with Crippen molar-refractivity contribution < 1.29 is 0 Å². The molecule has 1 aliphatic heterocycles. The molecule has 2 aromatic rings. The van der Waals surface area contributed by atoms with Gasteiger partial charge in [-0.25, -0.2) is 0 Å². The van der Waals surface area contributed by atoms with E-state index in [4.69, 9.17) is 0 Å². The van der Waals surface area contributed by atoms with Crippen molar-refractivity contribution in [3.8, 4) is 11.1 Å². The van der Waals surface area contributed by atoms with Crippen molar-refractivity contribution in [1.82, 2.24) is 4.90 Å². The molecule has 1 saturated heterocycles. The lowest BCUT2D eigenvalue weighted by Crippen LogP contribution is -2.44. The number of hydrogen-bond acceptors (Lipinski definition) is 2. The zero-order chi connectivity index (χ0) is 14.7. The summed E-state index contributed by atoms with van der Waals surface area (Å²) in [5, 5.41) is 0. The van der Waals surface area contributed by atoms with Crippen molar-refractivity contribution in [2.24, 2.45) is 0 Å². The number of aryl methyl sites for hydroxylation is 1. The third-order valence-electron chi connectivity index (χ3n) is 4.41. The van der Waals surface area contributed by atoms with Crippen LogP contribution >= 0.6 is 0 Å². The van der Waals surface area contributed by atoms with Gasteiger partial charge in [-0.2, -0.15) is 0 Å². The first-order chi connectivity index (χ1) is 10.3. The Bertz CT molecular complexity index is 581. The van der Waals surface area contributed by atoms with Crippen LogP contribution in [0.15, 0.2) is 48.5 Å². The first kappa shape index (κ1) is 14.2. The first-order valence-electron chi connectivity index (χ1n) is 7.89. The lowest BCUT2D eigenvalue weighted by Gasteiger charge is -2.34. The fourth-order valence-electron chi connectivity index (χ4n) is 2.88. The maximum Gasteiger partial charge on any atom is 0.0373 e. The van der Waals surface area contributed by atoms with E-state index in [1.165, 1.54) is 22.4 Å². The van der Waals surface area contributed by atoms with Gasteiger partial charge in [-0.05, 0) is 42.3 Å². The van der Waals surface area contributed by atoms with Gasteiger partial charge in [0.2, 0.25) is 0 Å². The molecule has 1 aliphatic rings. The van der Waals surface area contributed by atoms with E-state index in [0.717, 1.165) is 32.6 Å². The lowest BCUT2D eigenvalue weighted by molar-refractivity contribution is 0.313. The Labute approximate surface area is 128 Å². The molecular formula is C19H24N2. The molecule has 0 bridgehead atoms. The molecule has 3 rings (SSSR count). The van der Waals surface area contributed by atoms with Gasteiger partial charge >= 0.3 is 0 Å². The van der Waals surface area contributed by atoms with Crippen LogP contribution < -0.4 is 4.90 Å².